The van der Waals surface area contributed by atoms with Gasteiger partial charge in [-0.2, -0.15) is 0 Å². The maximum atomic E-state index is 5.66. The third-order valence-corrected chi connectivity index (χ3v) is 3.61. The first-order valence-electron chi connectivity index (χ1n) is 7.72. The van der Waals surface area contributed by atoms with Gasteiger partial charge in [0, 0.05) is 32.4 Å². The number of likely N-dealkylation sites (N-methyl/N-ethyl adjacent to an activating group) is 1. The van der Waals surface area contributed by atoms with Crippen LogP contribution < -0.4 is 5.32 Å². The monoisotopic (exact) mass is 277 g/mol. The van der Waals surface area contributed by atoms with E-state index >= 15 is 0 Å². The molecule has 4 heteroatoms. The van der Waals surface area contributed by atoms with E-state index < -0.39 is 0 Å². The van der Waals surface area contributed by atoms with E-state index in [1.807, 2.05) is 6.20 Å². The zero-order valence-electron chi connectivity index (χ0n) is 12.8. The smallest absolute Gasteiger partial charge is 0.0702 e. The van der Waals surface area contributed by atoms with Crippen LogP contribution in [-0.4, -0.2) is 42.7 Å². The molecule has 1 aliphatic rings. The molecule has 1 aromatic rings. The maximum Gasteiger partial charge on any atom is 0.0702 e. The van der Waals surface area contributed by atoms with E-state index in [0.717, 1.165) is 38.5 Å². The molecule has 0 aromatic carbocycles. The Morgan fingerprint density at radius 3 is 3.00 bits per heavy atom. The Morgan fingerprint density at radius 2 is 2.35 bits per heavy atom. The predicted octanol–water partition coefficient (Wildman–Crippen LogP) is 2.19. The molecule has 1 N–H and O–H groups in total. The van der Waals surface area contributed by atoms with Gasteiger partial charge < -0.3 is 10.1 Å². The highest BCUT2D eigenvalue weighted by Gasteiger charge is 2.17. The maximum absolute atomic E-state index is 5.66. The largest absolute Gasteiger partial charge is 0.377 e. The van der Waals surface area contributed by atoms with Crippen molar-refractivity contribution in [1.29, 1.82) is 0 Å². The van der Waals surface area contributed by atoms with Crippen molar-refractivity contribution in [1.82, 2.24) is 15.2 Å². The molecule has 0 radical (unpaired) electrons. The summed E-state index contributed by atoms with van der Waals surface area (Å²) in [7, 11) is 2.14. The fourth-order valence-electron chi connectivity index (χ4n) is 2.54. The van der Waals surface area contributed by atoms with E-state index in [0.29, 0.717) is 6.10 Å². The molecule has 1 saturated heterocycles. The van der Waals surface area contributed by atoms with Gasteiger partial charge in [-0.1, -0.05) is 13.0 Å². The van der Waals surface area contributed by atoms with Gasteiger partial charge in [-0.3, -0.25) is 9.88 Å². The summed E-state index contributed by atoms with van der Waals surface area (Å²) in [4.78, 5) is 6.85. The standard InChI is InChI=1S/C16H27N3O/c1-3-8-17-10-14-6-7-15(18-11-14)12-19(2)13-16-5-4-9-20-16/h6-7,11,16-17H,3-5,8-10,12-13H2,1-2H3. The molecular formula is C16H27N3O. The number of ether oxygens (including phenoxy) is 1. The van der Waals surface area contributed by atoms with Crippen molar-refractivity contribution in [3.05, 3.63) is 29.6 Å². The van der Waals surface area contributed by atoms with E-state index in [1.54, 1.807) is 0 Å². The predicted molar refractivity (Wildman–Crippen MR) is 81.5 cm³/mol. The zero-order chi connectivity index (χ0) is 14.2. The first-order chi connectivity index (χ1) is 9.78. The lowest BCUT2D eigenvalue weighted by atomic mass is 10.2. The number of rotatable bonds is 8. The lowest BCUT2D eigenvalue weighted by molar-refractivity contribution is 0.0790. The third-order valence-electron chi connectivity index (χ3n) is 3.61. The minimum atomic E-state index is 0.414. The van der Waals surface area contributed by atoms with Crippen LogP contribution >= 0.6 is 0 Å². The molecule has 1 aromatic heterocycles. The van der Waals surface area contributed by atoms with Crippen LogP contribution in [0, 0.1) is 0 Å². The number of aromatic nitrogens is 1. The molecule has 0 bridgehead atoms. The van der Waals surface area contributed by atoms with Gasteiger partial charge in [0.15, 0.2) is 0 Å². The van der Waals surface area contributed by atoms with Crippen molar-refractivity contribution in [2.75, 3.05) is 26.7 Å². The second-order valence-corrected chi connectivity index (χ2v) is 5.67. The highest BCUT2D eigenvalue weighted by atomic mass is 16.5. The Kier molecular flexibility index (Phi) is 6.43. The van der Waals surface area contributed by atoms with E-state index in [2.05, 4.69) is 41.3 Å². The number of pyridine rings is 1. The Balaban J connectivity index is 1.74. The van der Waals surface area contributed by atoms with Gasteiger partial charge in [-0.25, -0.2) is 0 Å². The molecule has 0 saturated carbocycles. The van der Waals surface area contributed by atoms with Crippen LogP contribution in [0.1, 0.15) is 37.4 Å². The molecule has 2 heterocycles. The molecule has 1 atom stereocenters. The SMILES string of the molecule is CCCNCc1ccc(CN(C)CC2CCCO2)nc1. The van der Waals surface area contributed by atoms with Crippen LogP contribution in [0.25, 0.3) is 0 Å². The highest BCUT2D eigenvalue weighted by molar-refractivity contribution is 5.13. The zero-order valence-corrected chi connectivity index (χ0v) is 12.8. The van der Waals surface area contributed by atoms with Crippen molar-refractivity contribution in [3.8, 4) is 0 Å². The average molecular weight is 277 g/mol. The van der Waals surface area contributed by atoms with Gasteiger partial charge in [0.25, 0.3) is 0 Å². The Labute approximate surface area is 122 Å². The summed E-state index contributed by atoms with van der Waals surface area (Å²) in [5.41, 5.74) is 2.38. The first kappa shape index (κ1) is 15.4. The summed E-state index contributed by atoms with van der Waals surface area (Å²) in [6, 6.07) is 4.31. The summed E-state index contributed by atoms with van der Waals surface area (Å²) in [6.07, 6.45) is 5.96. The second kappa shape index (κ2) is 8.35. The molecule has 0 spiro atoms. The van der Waals surface area contributed by atoms with E-state index in [9.17, 15) is 0 Å². The van der Waals surface area contributed by atoms with Gasteiger partial charge in [0.2, 0.25) is 0 Å². The topological polar surface area (TPSA) is 37.4 Å². The van der Waals surface area contributed by atoms with E-state index in [1.165, 1.54) is 24.8 Å². The normalized spacial score (nSPS) is 18.9. The van der Waals surface area contributed by atoms with Gasteiger partial charge in [-0.15, -0.1) is 0 Å². The number of hydrogen-bond acceptors (Lipinski definition) is 4. The molecule has 0 aliphatic carbocycles. The summed E-state index contributed by atoms with van der Waals surface area (Å²) in [5.74, 6) is 0. The van der Waals surface area contributed by atoms with Crippen LogP contribution in [0.5, 0.6) is 0 Å². The van der Waals surface area contributed by atoms with Gasteiger partial charge >= 0.3 is 0 Å². The third kappa shape index (κ3) is 5.19. The molecule has 112 valence electrons. The highest BCUT2D eigenvalue weighted by Crippen LogP contribution is 2.13. The Bertz CT molecular complexity index is 374. The molecular weight excluding hydrogens is 250 g/mol. The van der Waals surface area contributed by atoms with Crippen LogP contribution in [0.15, 0.2) is 18.3 Å². The fraction of sp³-hybridized carbons (Fsp3) is 0.688. The molecule has 1 aliphatic heterocycles. The number of hydrogen-bond donors (Lipinski definition) is 1. The van der Waals surface area contributed by atoms with Crippen LogP contribution in [0.3, 0.4) is 0 Å². The molecule has 0 amide bonds. The Hall–Kier alpha value is -0.970. The molecule has 4 nitrogen and oxygen atoms in total. The van der Waals surface area contributed by atoms with E-state index in [4.69, 9.17) is 4.74 Å². The number of nitrogens with zero attached hydrogens (tertiary/aromatic N) is 2. The van der Waals surface area contributed by atoms with Crippen LogP contribution in [-0.2, 0) is 17.8 Å². The molecule has 20 heavy (non-hydrogen) atoms. The quantitative estimate of drug-likeness (QED) is 0.739. The summed E-state index contributed by atoms with van der Waals surface area (Å²) in [5, 5.41) is 3.39. The van der Waals surface area contributed by atoms with Gasteiger partial charge in [-0.05, 0) is 44.5 Å². The lowest BCUT2D eigenvalue weighted by Gasteiger charge is -2.20. The van der Waals surface area contributed by atoms with Crippen molar-refractivity contribution < 1.29 is 4.74 Å². The summed E-state index contributed by atoms with van der Waals surface area (Å²) >= 11 is 0. The van der Waals surface area contributed by atoms with Crippen molar-refractivity contribution in [3.63, 3.8) is 0 Å². The van der Waals surface area contributed by atoms with Gasteiger partial charge in [0.1, 0.15) is 0 Å². The Morgan fingerprint density at radius 1 is 1.45 bits per heavy atom. The van der Waals surface area contributed by atoms with Crippen molar-refractivity contribution in [2.45, 2.75) is 45.4 Å². The number of nitrogens with one attached hydrogen (secondary N) is 1. The molecule has 1 unspecified atom stereocenters. The average Bonchev–Trinajstić information content (AvgIpc) is 2.94. The summed E-state index contributed by atoms with van der Waals surface area (Å²) in [6.45, 7) is 6.97. The van der Waals surface area contributed by atoms with E-state index in [-0.39, 0.29) is 0 Å². The minimum absolute atomic E-state index is 0.414. The molecule has 1 fully saturated rings. The van der Waals surface area contributed by atoms with Gasteiger partial charge in [0.05, 0.1) is 11.8 Å². The van der Waals surface area contributed by atoms with Crippen molar-refractivity contribution in [2.24, 2.45) is 0 Å². The van der Waals surface area contributed by atoms with Crippen molar-refractivity contribution >= 4 is 0 Å². The lowest BCUT2D eigenvalue weighted by Crippen LogP contribution is -2.28. The first-order valence-corrected chi connectivity index (χ1v) is 7.72. The fourth-order valence-corrected chi connectivity index (χ4v) is 2.54. The van der Waals surface area contributed by atoms with Crippen LogP contribution in [0.4, 0.5) is 0 Å². The van der Waals surface area contributed by atoms with Crippen LogP contribution in [0.2, 0.25) is 0 Å². The summed E-state index contributed by atoms with van der Waals surface area (Å²) < 4.78 is 5.66. The minimum Gasteiger partial charge on any atom is -0.377 e. The molecule has 2 rings (SSSR count). The second-order valence-electron chi connectivity index (χ2n) is 5.67.